The van der Waals surface area contributed by atoms with Gasteiger partial charge in [0.2, 0.25) is 0 Å². The highest BCUT2D eigenvalue weighted by Crippen LogP contribution is 2.47. The molecule has 3 saturated carbocycles. The highest BCUT2D eigenvalue weighted by Gasteiger charge is 2.34. The third-order valence-corrected chi connectivity index (χ3v) is 18.8. The molecule has 0 unspecified atom stereocenters. The zero-order valence-corrected chi connectivity index (χ0v) is 52.4. The highest BCUT2D eigenvalue weighted by molar-refractivity contribution is 9.10. The van der Waals surface area contributed by atoms with Gasteiger partial charge in [-0.05, 0) is 167 Å². The monoisotopic (exact) mass is 1340 g/mol. The summed E-state index contributed by atoms with van der Waals surface area (Å²) in [6, 6.07) is 32.1. The van der Waals surface area contributed by atoms with Gasteiger partial charge in [-0.1, -0.05) is 133 Å². The zero-order chi connectivity index (χ0) is 63.9. The molecule has 0 bridgehead atoms. The molecule has 89 heavy (non-hydrogen) atoms. The van der Waals surface area contributed by atoms with E-state index in [1.807, 2.05) is 63.2 Å². The summed E-state index contributed by atoms with van der Waals surface area (Å²) in [6.07, 6.45) is 8.56. The summed E-state index contributed by atoms with van der Waals surface area (Å²) in [5.74, 6) is 2.55. The zero-order valence-electron chi connectivity index (χ0n) is 50.4. The largest absolute Gasteiger partial charge is 0.495 e. The number of rotatable bonds is 18. The fraction of sp³-hybridized carbons (Fsp3) is 0.371. The number of sulfonamides is 3. The molecular formula is C62H82B3BrN6O14S3. The van der Waals surface area contributed by atoms with Crippen molar-refractivity contribution < 1.29 is 67.2 Å². The van der Waals surface area contributed by atoms with Crippen LogP contribution >= 0.6 is 15.9 Å². The van der Waals surface area contributed by atoms with Crippen molar-refractivity contribution in [1.82, 2.24) is 15.5 Å². The van der Waals surface area contributed by atoms with Crippen LogP contribution in [0.2, 0.25) is 19.4 Å². The summed E-state index contributed by atoms with van der Waals surface area (Å²) in [5, 5.41) is 30.3. The molecule has 3 aliphatic carbocycles. The number of benzene rings is 6. The molecule has 478 valence electrons. The van der Waals surface area contributed by atoms with E-state index in [9.17, 15) is 25.3 Å². The Morgan fingerprint density at radius 1 is 0.539 bits per heavy atom. The van der Waals surface area contributed by atoms with Crippen molar-refractivity contribution in [2.45, 2.75) is 147 Å². The van der Waals surface area contributed by atoms with Gasteiger partial charge in [-0.2, -0.15) is 0 Å². The summed E-state index contributed by atoms with van der Waals surface area (Å²) >= 11 is 3.38. The number of ether oxygens (including phenoxy) is 3. The van der Waals surface area contributed by atoms with Crippen LogP contribution in [-0.4, -0.2) is 94.9 Å². The van der Waals surface area contributed by atoms with Crippen LogP contribution in [0, 0.1) is 0 Å². The lowest BCUT2D eigenvalue weighted by Gasteiger charge is -2.12. The molecule has 3 heterocycles. The number of aryl methyl sites for hydroxylation is 3. The van der Waals surface area contributed by atoms with E-state index in [1.165, 1.54) is 21.3 Å². The molecule has 4 radical (unpaired) electrons. The van der Waals surface area contributed by atoms with E-state index in [0.29, 0.717) is 56.4 Å². The van der Waals surface area contributed by atoms with Crippen LogP contribution in [0.4, 0.5) is 17.5 Å². The topological polar surface area (TPSA) is 285 Å². The van der Waals surface area contributed by atoms with Gasteiger partial charge < -0.3 is 37.8 Å². The Morgan fingerprint density at radius 3 is 1.11 bits per heavy atom. The first-order valence-electron chi connectivity index (χ1n) is 28.8. The van der Waals surface area contributed by atoms with Crippen LogP contribution < -0.4 is 28.4 Å². The van der Waals surface area contributed by atoms with Gasteiger partial charge >= 0.3 is 7.12 Å². The van der Waals surface area contributed by atoms with E-state index in [4.69, 9.17) is 40.6 Å². The number of anilines is 3. The van der Waals surface area contributed by atoms with Crippen molar-refractivity contribution >= 4 is 119 Å². The van der Waals surface area contributed by atoms with Gasteiger partial charge in [-0.15, -0.1) is 0 Å². The summed E-state index contributed by atoms with van der Waals surface area (Å²) < 4.78 is 130. The fourth-order valence-electron chi connectivity index (χ4n) is 9.06. The van der Waals surface area contributed by atoms with Gasteiger partial charge in [-0.25, -0.2) is 25.3 Å². The molecule has 0 saturated heterocycles. The average molecular weight is 1350 g/mol. The molecule has 27 heteroatoms. The van der Waals surface area contributed by atoms with Crippen LogP contribution in [0.3, 0.4) is 0 Å². The molecule has 12 rings (SSSR count). The Morgan fingerprint density at radius 2 is 0.843 bits per heavy atom. The van der Waals surface area contributed by atoms with E-state index in [1.54, 1.807) is 66.7 Å². The lowest BCUT2D eigenvalue weighted by molar-refractivity contribution is 0.402. The molecule has 6 aromatic carbocycles. The average Bonchev–Trinajstić information content (AvgIpc) is 1.55. The third-order valence-electron chi connectivity index (χ3n) is 14.1. The first-order chi connectivity index (χ1) is 42.2. The molecule has 3 aliphatic rings. The summed E-state index contributed by atoms with van der Waals surface area (Å²) in [4.78, 5) is 0.256. The van der Waals surface area contributed by atoms with Crippen molar-refractivity contribution in [2.75, 3.05) is 35.5 Å². The number of halogens is 1. The molecular weight excluding hydrogens is 1260 g/mol. The van der Waals surface area contributed by atoms with Gasteiger partial charge in [0.15, 0.2) is 34.2 Å². The minimum Gasteiger partial charge on any atom is -0.495 e. The van der Waals surface area contributed by atoms with E-state index >= 15 is 0 Å². The van der Waals surface area contributed by atoms with E-state index in [-0.39, 0.29) is 81.0 Å². The summed E-state index contributed by atoms with van der Waals surface area (Å²) in [7, 11) is 0.709. The van der Waals surface area contributed by atoms with Crippen molar-refractivity contribution in [1.29, 1.82) is 0 Å². The van der Waals surface area contributed by atoms with Crippen molar-refractivity contribution in [3.63, 3.8) is 0 Å². The molecule has 0 atom stereocenters. The van der Waals surface area contributed by atoms with Gasteiger partial charge in [0, 0.05) is 8.64 Å². The normalized spacial score (nSPS) is 13.4. The summed E-state index contributed by atoms with van der Waals surface area (Å²) in [6.45, 7) is 5.89. The number of fused-ring (bicyclic) bond motifs is 3. The number of aromatic nitrogens is 3. The maximum Gasteiger partial charge on any atom is 0.454 e. The van der Waals surface area contributed by atoms with E-state index in [0.717, 1.165) is 90.0 Å². The lowest BCUT2D eigenvalue weighted by atomic mass is 9.84. The Kier molecular flexibility index (Phi) is 26.5. The highest BCUT2D eigenvalue weighted by atomic mass is 79.9. The van der Waals surface area contributed by atoms with Gasteiger partial charge in [0.25, 0.3) is 30.1 Å². The van der Waals surface area contributed by atoms with Crippen LogP contribution in [0.25, 0.3) is 32.9 Å². The first kappa shape index (κ1) is 71.1. The Hall–Kier alpha value is -7.03. The van der Waals surface area contributed by atoms with Crippen LogP contribution in [0.1, 0.15) is 125 Å². The Labute approximate surface area is 539 Å². The minimum atomic E-state index is -3.89. The number of nitrogens with zero attached hydrogens (tertiary/aromatic N) is 3. The Balaban J connectivity index is 0.000000323. The Bertz CT molecular complexity index is 4000. The predicted molar refractivity (Wildman–Crippen MR) is 362 cm³/mol. The maximum atomic E-state index is 13.0. The lowest BCUT2D eigenvalue weighted by Crippen LogP contribution is -2.15. The van der Waals surface area contributed by atoms with Crippen LogP contribution in [0.15, 0.2) is 142 Å². The fourth-order valence-corrected chi connectivity index (χ4v) is 13.3. The van der Waals surface area contributed by atoms with Crippen molar-refractivity contribution in [2.24, 2.45) is 0 Å². The second-order valence-corrected chi connectivity index (χ2v) is 25.6. The second-order valence-electron chi connectivity index (χ2n) is 19.8. The first-order valence-corrected chi connectivity index (χ1v) is 32.6. The number of hydrogen-bond donors (Lipinski definition) is 5. The molecule has 3 aromatic heterocycles. The third kappa shape index (κ3) is 18.1. The predicted octanol–water partition coefficient (Wildman–Crippen LogP) is 14.3. The smallest absolute Gasteiger partial charge is 0.454 e. The maximum absolute atomic E-state index is 13.0. The van der Waals surface area contributed by atoms with Crippen molar-refractivity contribution in [3.05, 3.63) is 141 Å². The van der Waals surface area contributed by atoms with Gasteiger partial charge in [0.1, 0.15) is 31.9 Å². The van der Waals surface area contributed by atoms with Gasteiger partial charge in [0.05, 0.1) is 53.2 Å². The number of hydrogen-bond acceptors (Lipinski definition) is 17. The minimum absolute atomic E-state index is 0. The molecule has 9 aromatic rings. The second kappa shape index (κ2) is 33.2. The summed E-state index contributed by atoms with van der Waals surface area (Å²) in [5.41, 5.74) is 6.53. The van der Waals surface area contributed by atoms with E-state index < -0.39 is 37.2 Å². The standard InChI is InChI=1S/2C19H20N2O4S.C16H15BrN2O4S.C3H7BO2.2CH3B.3CH4.H2/c2*1-3-12-7-10-15(24-2)17(11-12)26(22,23)21-19-18-14(13-8-9-13)5-4-6-16(18)25-20-19;1-3-10-7-8-12(22-2)14(9-10)24(20,21)19-16-15-11(17)5-4-6-13(15)23-18-16;5-4(6)3-1-2-3;2*1-2;;;;/h2*4-7,10-11,13H,3,8-9H2,1-2H3,(H,20,21);4-9H,3H2,1-2H3,(H,18,19);3,5-6H,1-2H2;2*1H3;3*1H4;1H/i;;;;2*1D;;;;. The molecule has 5 N–H and O–H groups in total. The quantitative estimate of drug-likeness (QED) is 0.0499. The molecule has 0 amide bonds. The molecule has 20 nitrogen and oxygen atoms in total. The SMILES string of the molecule is C.C.C.CCc1ccc(OC)c(S(=O)(=O)Nc2noc3cccc(Br)c23)c1.CCc1ccc(OC)c(S(=O)(=O)Nc2noc3cccc(C4CC4)c23)c1.CCc1ccc(OC)c(S(=O)(=O)Nc2noc3cccc(C4CC4)c23)c1.OB(O)C1CC1.[2H]C[B].[2H]C[B].[HH]. The van der Waals surface area contributed by atoms with E-state index in [2.05, 4.69) is 61.3 Å². The van der Waals surface area contributed by atoms with Gasteiger partial charge in [-0.3, -0.25) is 14.2 Å². The number of nitrogens with one attached hydrogen (secondary N) is 3. The molecule has 0 aliphatic heterocycles. The molecule has 3 fully saturated rings. The number of methoxy groups -OCH3 is 3. The van der Waals surface area contributed by atoms with Crippen LogP contribution in [0.5, 0.6) is 17.2 Å². The molecule has 0 spiro atoms. The van der Waals surface area contributed by atoms with Crippen LogP contribution in [-0.2, 0) is 49.3 Å². The van der Waals surface area contributed by atoms with Crippen molar-refractivity contribution in [3.8, 4) is 17.2 Å².